The molecule has 5 heteroatoms. The van der Waals surface area contributed by atoms with Gasteiger partial charge in [-0.2, -0.15) is 0 Å². The molecule has 1 N–H and O–H groups in total. The van der Waals surface area contributed by atoms with Crippen LogP contribution in [0.4, 0.5) is 0 Å². The quantitative estimate of drug-likeness (QED) is 0.755. The number of tetrazole rings is 1. The minimum atomic E-state index is 0.356. The van der Waals surface area contributed by atoms with Crippen LogP contribution in [0, 0.1) is 0 Å². The first kappa shape index (κ1) is 9.58. The average molecular weight is 195 g/mol. The summed E-state index contributed by atoms with van der Waals surface area (Å²) >= 11 is 0. The Labute approximate surface area is 83.9 Å². The van der Waals surface area contributed by atoms with Gasteiger partial charge >= 0.3 is 0 Å². The second-order valence-corrected chi connectivity index (χ2v) is 4.10. The summed E-state index contributed by atoms with van der Waals surface area (Å²) in [5, 5.41) is 15.3. The second-order valence-electron chi connectivity index (χ2n) is 4.10. The van der Waals surface area contributed by atoms with Gasteiger partial charge in [-0.05, 0) is 50.2 Å². The van der Waals surface area contributed by atoms with Crippen molar-refractivity contribution in [3.05, 3.63) is 5.82 Å². The van der Waals surface area contributed by atoms with Crippen LogP contribution in [0.2, 0.25) is 0 Å². The monoisotopic (exact) mass is 195 g/mol. The fourth-order valence-electron chi connectivity index (χ4n) is 1.92. The van der Waals surface area contributed by atoms with Crippen molar-refractivity contribution in [1.29, 1.82) is 0 Å². The molecule has 0 aliphatic carbocycles. The lowest BCUT2D eigenvalue weighted by Gasteiger charge is -2.22. The van der Waals surface area contributed by atoms with Crippen LogP contribution in [0.3, 0.4) is 0 Å². The van der Waals surface area contributed by atoms with Gasteiger partial charge < -0.3 is 5.32 Å². The fourth-order valence-corrected chi connectivity index (χ4v) is 1.92. The van der Waals surface area contributed by atoms with Crippen molar-refractivity contribution in [2.24, 2.45) is 0 Å². The third kappa shape index (κ3) is 1.77. The van der Waals surface area contributed by atoms with Gasteiger partial charge in [0.25, 0.3) is 0 Å². The van der Waals surface area contributed by atoms with Gasteiger partial charge in [-0.15, -0.1) is 5.10 Å². The molecular formula is C9H17N5. The van der Waals surface area contributed by atoms with Crippen LogP contribution in [0.15, 0.2) is 0 Å². The molecule has 0 unspecified atom stereocenters. The van der Waals surface area contributed by atoms with Crippen molar-refractivity contribution in [2.45, 2.75) is 38.6 Å². The highest BCUT2D eigenvalue weighted by Gasteiger charge is 2.22. The van der Waals surface area contributed by atoms with Crippen LogP contribution in [0.25, 0.3) is 0 Å². The number of nitrogens with one attached hydrogen (secondary N) is 1. The van der Waals surface area contributed by atoms with Gasteiger partial charge in [0.05, 0.1) is 6.04 Å². The maximum Gasteiger partial charge on any atom is 0.154 e. The third-order valence-corrected chi connectivity index (χ3v) is 2.71. The first-order chi connectivity index (χ1) is 6.79. The third-order valence-electron chi connectivity index (χ3n) is 2.71. The number of hydrogen-bond donors (Lipinski definition) is 1. The summed E-state index contributed by atoms with van der Waals surface area (Å²) in [5.41, 5.74) is 0. The molecule has 1 aliphatic rings. The molecule has 5 nitrogen and oxygen atoms in total. The lowest BCUT2D eigenvalue weighted by atomic mass is 9.97. The summed E-state index contributed by atoms with van der Waals surface area (Å²) in [4.78, 5) is 0. The minimum absolute atomic E-state index is 0.356. The van der Waals surface area contributed by atoms with E-state index in [2.05, 4.69) is 34.7 Å². The highest BCUT2D eigenvalue weighted by atomic mass is 15.5. The molecule has 78 valence electrons. The van der Waals surface area contributed by atoms with Gasteiger partial charge in [-0.25, -0.2) is 4.68 Å². The largest absolute Gasteiger partial charge is 0.317 e. The molecule has 1 aromatic rings. The predicted molar refractivity (Wildman–Crippen MR) is 53.0 cm³/mol. The van der Waals surface area contributed by atoms with E-state index in [1.54, 1.807) is 0 Å². The maximum atomic E-state index is 4.14. The standard InChI is InChI=1S/C9H17N5/c1-7(2)14-9(11-12-13-14)8-3-5-10-6-4-8/h7-8,10H,3-6H2,1-2H3. The summed E-state index contributed by atoms with van der Waals surface area (Å²) in [6, 6.07) is 0.356. The normalized spacial score (nSPS) is 19.1. The Bertz CT molecular complexity index is 287. The van der Waals surface area contributed by atoms with E-state index in [4.69, 9.17) is 0 Å². The van der Waals surface area contributed by atoms with Gasteiger partial charge in [0.2, 0.25) is 0 Å². The van der Waals surface area contributed by atoms with Crippen LogP contribution in [-0.2, 0) is 0 Å². The molecule has 0 amide bonds. The van der Waals surface area contributed by atoms with Crippen molar-refractivity contribution in [3.63, 3.8) is 0 Å². The first-order valence-electron chi connectivity index (χ1n) is 5.27. The predicted octanol–water partition coefficient (Wildman–Crippen LogP) is 0.721. The minimum Gasteiger partial charge on any atom is -0.317 e. The molecule has 2 rings (SSSR count). The Morgan fingerprint density at radius 1 is 1.36 bits per heavy atom. The highest BCUT2D eigenvalue weighted by Crippen LogP contribution is 2.23. The number of hydrogen-bond acceptors (Lipinski definition) is 4. The molecule has 1 fully saturated rings. The van der Waals surface area contributed by atoms with Gasteiger partial charge in [-0.3, -0.25) is 0 Å². The molecule has 0 spiro atoms. The van der Waals surface area contributed by atoms with Crippen molar-refractivity contribution < 1.29 is 0 Å². The van der Waals surface area contributed by atoms with Crippen molar-refractivity contribution in [3.8, 4) is 0 Å². The van der Waals surface area contributed by atoms with E-state index >= 15 is 0 Å². The van der Waals surface area contributed by atoms with E-state index in [9.17, 15) is 0 Å². The van der Waals surface area contributed by atoms with Crippen molar-refractivity contribution >= 4 is 0 Å². The summed E-state index contributed by atoms with van der Waals surface area (Å²) < 4.78 is 1.94. The number of nitrogens with zero attached hydrogens (tertiary/aromatic N) is 4. The molecule has 0 saturated carbocycles. The van der Waals surface area contributed by atoms with Crippen molar-refractivity contribution in [2.75, 3.05) is 13.1 Å². The first-order valence-corrected chi connectivity index (χ1v) is 5.27. The topological polar surface area (TPSA) is 55.6 Å². The van der Waals surface area contributed by atoms with E-state index in [1.165, 1.54) is 0 Å². The lowest BCUT2D eigenvalue weighted by molar-refractivity contribution is 0.405. The molecule has 1 aliphatic heterocycles. The van der Waals surface area contributed by atoms with Crippen LogP contribution in [0.5, 0.6) is 0 Å². The van der Waals surface area contributed by atoms with Crippen LogP contribution in [-0.4, -0.2) is 33.3 Å². The summed E-state index contributed by atoms with van der Waals surface area (Å²) in [7, 11) is 0. The lowest BCUT2D eigenvalue weighted by Crippen LogP contribution is -2.28. The van der Waals surface area contributed by atoms with E-state index in [-0.39, 0.29) is 0 Å². The number of aromatic nitrogens is 4. The summed E-state index contributed by atoms with van der Waals surface area (Å²) in [6.45, 7) is 6.38. The zero-order valence-electron chi connectivity index (χ0n) is 8.77. The van der Waals surface area contributed by atoms with Crippen LogP contribution < -0.4 is 5.32 Å². The second kappa shape index (κ2) is 4.04. The van der Waals surface area contributed by atoms with E-state index in [0.29, 0.717) is 12.0 Å². The molecular weight excluding hydrogens is 178 g/mol. The Kier molecular flexibility index (Phi) is 2.77. The van der Waals surface area contributed by atoms with Crippen LogP contribution >= 0.6 is 0 Å². The van der Waals surface area contributed by atoms with Crippen molar-refractivity contribution in [1.82, 2.24) is 25.5 Å². The van der Waals surface area contributed by atoms with Crippen LogP contribution in [0.1, 0.15) is 44.5 Å². The number of piperidine rings is 1. The Morgan fingerprint density at radius 3 is 2.71 bits per heavy atom. The maximum absolute atomic E-state index is 4.14. The average Bonchev–Trinajstić information content (AvgIpc) is 2.67. The van der Waals surface area contributed by atoms with Gasteiger partial charge in [0, 0.05) is 5.92 Å². The molecule has 0 radical (unpaired) electrons. The van der Waals surface area contributed by atoms with E-state index in [1.807, 2.05) is 4.68 Å². The number of rotatable bonds is 2. The molecule has 1 aromatic heterocycles. The molecule has 1 saturated heterocycles. The summed E-state index contributed by atoms with van der Waals surface area (Å²) in [5.74, 6) is 1.59. The molecule has 0 aromatic carbocycles. The highest BCUT2D eigenvalue weighted by molar-refractivity contribution is 4.96. The van der Waals surface area contributed by atoms with Gasteiger partial charge in [0.1, 0.15) is 0 Å². The Morgan fingerprint density at radius 2 is 2.07 bits per heavy atom. The molecule has 0 atom stereocenters. The molecule has 2 heterocycles. The fraction of sp³-hybridized carbons (Fsp3) is 0.889. The Hall–Kier alpha value is -0.970. The smallest absolute Gasteiger partial charge is 0.154 e. The van der Waals surface area contributed by atoms with E-state index < -0.39 is 0 Å². The zero-order valence-corrected chi connectivity index (χ0v) is 8.77. The molecule has 14 heavy (non-hydrogen) atoms. The summed E-state index contributed by atoms with van der Waals surface area (Å²) in [6.07, 6.45) is 2.29. The van der Waals surface area contributed by atoms with Gasteiger partial charge in [-0.1, -0.05) is 0 Å². The molecule has 0 bridgehead atoms. The Balaban J connectivity index is 2.17. The zero-order chi connectivity index (χ0) is 9.97. The van der Waals surface area contributed by atoms with Gasteiger partial charge in [0.15, 0.2) is 5.82 Å². The van der Waals surface area contributed by atoms with E-state index in [0.717, 1.165) is 31.8 Å². The SMILES string of the molecule is CC(C)n1nnnc1C1CCNCC1.